The Bertz CT molecular complexity index is 798. The van der Waals surface area contributed by atoms with Crippen LogP contribution in [0.1, 0.15) is 57.4 Å². The molecule has 1 saturated heterocycles. The van der Waals surface area contributed by atoms with Crippen molar-refractivity contribution in [3.63, 3.8) is 0 Å². The number of hydrogen-bond acceptors (Lipinski definition) is 6. The zero-order valence-electron chi connectivity index (χ0n) is 19.1. The lowest BCUT2D eigenvalue weighted by molar-refractivity contribution is 0.277. The highest BCUT2D eigenvalue weighted by molar-refractivity contribution is 7.15. The minimum absolute atomic E-state index is 0.225. The lowest BCUT2D eigenvalue weighted by atomic mass is 10.2. The number of unbranched alkanes of at least 4 members (excludes halogenated alkanes) is 4. The predicted molar refractivity (Wildman–Crippen MR) is 132 cm³/mol. The molecule has 170 valence electrons. The van der Waals surface area contributed by atoms with Crippen LogP contribution in [0.5, 0.6) is 0 Å². The Morgan fingerprint density at radius 2 is 2.00 bits per heavy atom. The number of rotatable bonds is 13. The SMILES string of the molecule is C=CCCCN1CC(N(CC)c2ccccc2)[N+]([O-])(c2nnc(CCCCCC)s2)C1. The molecule has 1 aromatic heterocycles. The van der Waals surface area contributed by atoms with E-state index in [9.17, 15) is 5.21 Å². The summed E-state index contributed by atoms with van der Waals surface area (Å²) in [6.45, 7) is 11.0. The van der Waals surface area contributed by atoms with Crippen molar-refractivity contribution in [2.45, 2.75) is 65.0 Å². The zero-order valence-corrected chi connectivity index (χ0v) is 19.9. The van der Waals surface area contributed by atoms with Crippen molar-refractivity contribution >= 4 is 22.2 Å². The van der Waals surface area contributed by atoms with Crippen LogP contribution in [0.2, 0.25) is 0 Å². The van der Waals surface area contributed by atoms with E-state index in [4.69, 9.17) is 0 Å². The van der Waals surface area contributed by atoms with E-state index in [0.29, 0.717) is 11.8 Å². The van der Waals surface area contributed by atoms with Crippen LogP contribution in [-0.2, 0) is 6.42 Å². The van der Waals surface area contributed by atoms with E-state index in [1.807, 2.05) is 24.3 Å². The normalized spacial score (nSPS) is 21.5. The molecular formula is C24H37N5OS. The molecule has 3 rings (SSSR count). The van der Waals surface area contributed by atoms with Gasteiger partial charge in [-0.3, -0.25) is 4.65 Å². The quantitative estimate of drug-likeness (QED) is 0.176. The maximum absolute atomic E-state index is 14.4. The Morgan fingerprint density at radius 1 is 1.19 bits per heavy atom. The third-order valence-corrected chi connectivity index (χ3v) is 7.10. The van der Waals surface area contributed by atoms with Crippen LogP contribution in [0.15, 0.2) is 43.0 Å². The largest absolute Gasteiger partial charge is 0.623 e. The highest BCUT2D eigenvalue weighted by atomic mass is 32.1. The van der Waals surface area contributed by atoms with Crippen molar-refractivity contribution in [3.8, 4) is 0 Å². The molecule has 0 radical (unpaired) electrons. The molecule has 0 N–H and O–H groups in total. The number of nitrogens with zero attached hydrogens (tertiary/aromatic N) is 5. The van der Waals surface area contributed by atoms with Crippen molar-refractivity contribution in [1.29, 1.82) is 0 Å². The molecule has 1 aliphatic heterocycles. The fraction of sp³-hybridized carbons (Fsp3) is 0.583. The minimum Gasteiger partial charge on any atom is -0.623 e. The van der Waals surface area contributed by atoms with Gasteiger partial charge in [-0.05, 0) is 49.7 Å². The zero-order chi connectivity index (χ0) is 22.1. The average molecular weight is 444 g/mol. The second kappa shape index (κ2) is 11.7. The summed E-state index contributed by atoms with van der Waals surface area (Å²) in [5, 5.41) is 24.8. The highest BCUT2D eigenvalue weighted by Crippen LogP contribution is 2.37. The molecule has 2 atom stereocenters. The molecule has 0 saturated carbocycles. The van der Waals surface area contributed by atoms with Crippen molar-refractivity contribution in [2.24, 2.45) is 0 Å². The monoisotopic (exact) mass is 443 g/mol. The highest BCUT2D eigenvalue weighted by Gasteiger charge is 2.46. The molecule has 6 nitrogen and oxygen atoms in total. The lowest BCUT2D eigenvalue weighted by Gasteiger charge is -2.44. The van der Waals surface area contributed by atoms with Crippen LogP contribution in [0, 0.1) is 5.21 Å². The smallest absolute Gasteiger partial charge is 0.309 e. The van der Waals surface area contributed by atoms with Gasteiger partial charge in [-0.1, -0.05) is 55.6 Å². The Kier molecular flexibility index (Phi) is 9.02. The number of aromatic nitrogens is 2. The Labute approximate surface area is 191 Å². The number of allylic oxidation sites excluding steroid dienone is 1. The van der Waals surface area contributed by atoms with Gasteiger partial charge >= 0.3 is 5.13 Å². The molecule has 1 aromatic carbocycles. The third-order valence-electron chi connectivity index (χ3n) is 6.01. The molecule has 0 bridgehead atoms. The first-order chi connectivity index (χ1) is 15.1. The van der Waals surface area contributed by atoms with Crippen molar-refractivity contribution in [2.75, 3.05) is 31.2 Å². The van der Waals surface area contributed by atoms with Crippen LogP contribution >= 0.6 is 11.3 Å². The number of hydroxylamine groups is 2. The summed E-state index contributed by atoms with van der Waals surface area (Å²) in [6, 6.07) is 10.3. The summed E-state index contributed by atoms with van der Waals surface area (Å²) >= 11 is 1.51. The van der Waals surface area contributed by atoms with Crippen LogP contribution in [0.25, 0.3) is 0 Å². The summed E-state index contributed by atoms with van der Waals surface area (Å²) < 4.78 is -0.441. The molecule has 0 spiro atoms. The maximum Gasteiger partial charge on any atom is 0.309 e. The first kappa shape index (κ1) is 23.9. The number of benzene rings is 1. The van der Waals surface area contributed by atoms with Crippen LogP contribution in [-0.4, -0.2) is 47.6 Å². The van der Waals surface area contributed by atoms with E-state index in [1.54, 1.807) is 0 Å². The molecule has 2 unspecified atom stereocenters. The number of quaternary nitrogens is 1. The van der Waals surface area contributed by atoms with Gasteiger partial charge in [0.15, 0.2) is 6.17 Å². The Balaban J connectivity index is 1.82. The number of aryl methyl sites for hydroxylation is 1. The van der Waals surface area contributed by atoms with E-state index in [2.05, 4.69) is 52.6 Å². The van der Waals surface area contributed by atoms with Gasteiger partial charge in [0.25, 0.3) is 0 Å². The summed E-state index contributed by atoms with van der Waals surface area (Å²) in [5.41, 5.74) is 1.09. The summed E-state index contributed by atoms with van der Waals surface area (Å²) in [4.78, 5) is 4.53. The van der Waals surface area contributed by atoms with Crippen molar-refractivity contribution in [1.82, 2.24) is 19.7 Å². The second-order valence-electron chi connectivity index (χ2n) is 8.34. The van der Waals surface area contributed by atoms with Crippen molar-refractivity contribution in [3.05, 3.63) is 53.2 Å². The molecule has 0 aliphatic carbocycles. The Hall–Kier alpha value is -1.80. The molecule has 2 aromatic rings. The minimum atomic E-state index is -0.441. The molecule has 7 heteroatoms. The summed E-state index contributed by atoms with van der Waals surface area (Å²) in [6.07, 6.45) is 9.42. The molecule has 0 amide bonds. The van der Waals surface area contributed by atoms with Crippen molar-refractivity contribution < 1.29 is 0 Å². The number of likely N-dealkylation sites (N-methyl/N-ethyl adjacent to an activating group) is 1. The van der Waals surface area contributed by atoms with E-state index in [1.165, 1.54) is 30.6 Å². The predicted octanol–water partition coefficient (Wildman–Crippen LogP) is 5.56. The van der Waals surface area contributed by atoms with Gasteiger partial charge in [0, 0.05) is 25.2 Å². The van der Waals surface area contributed by atoms with Crippen LogP contribution in [0.3, 0.4) is 0 Å². The second-order valence-corrected chi connectivity index (χ2v) is 9.38. The molecular weight excluding hydrogens is 406 g/mol. The number of para-hydroxylation sites is 1. The van der Waals surface area contributed by atoms with Gasteiger partial charge in [-0.25, -0.2) is 4.90 Å². The topological polar surface area (TPSA) is 55.3 Å². The van der Waals surface area contributed by atoms with Gasteiger partial charge in [0.1, 0.15) is 11.7 Å². The van der Waals surface area contributed by atoms with Crippen LogP contribution < -0.4 is 9.55 Å². The number of hydrogen-bond donors (Lipinski definition) is 0. The summed E-state index contributed by atoms with van der Waals surface area (Å²) in [7, 11) is 0. The van der Waals surface area contributed by atoms with Gasteiger partial charge in [-0.2, -0.15) is 0 Å². The molecule has 1 fully saturated rings. The van der Waals surface area contributed by atoms with Gasteiger partial charge < -0.3 is 10.1 Å². The van der Waals surface area contributed by atoms with Gasteiger partial charge in [-0.15, -0.1) is 11.7 Å². The van der Waals surface area contributed by atoms with E-state index < -0.39 is 4.65 Å². The third kappa shape index (κ3) is 5.92. The lowest BCUT2D eigenvalue weighted by Crippen LogP contribution is -2.57. The standard InChI is InChI=1S/C24H37N5OS/c1-4-7-9-13-17-22-25-26-24(31-22)29(30)20-27(18-14-8-5-2)19-23(29)28(6-3)21-15-11-10-12-16-21/h5,10-12,15-16,23H,2,4,6-9,13-14,17-20H2,1,3H3. The maximum atomic E-state index is 14.4. The number of anilines is 1. The molecule has 1 aliphatic rings. The summed E-state index contributed by atoms with van der Waals surface area (Å²) in [5.74, 6) is 0. The van der Waals surface area contributed by atoms with Gasteiger partial charge in [0.05, 0.1) is 6.54 Å². The Morgan fingerprint density at radius 3 is 2.71 bits per heavy atom. The fourth-order valence-corrected chi connectivity index (χ4v) is 5.29. The van der Waals surface area contributed by atoms with E-state index >= 15 is 0 Å². The average Bonchev–Trinajstić information content (AvgIpc) is 3.39. The van der Waals surface area contributed by atoms with Gasteiger partial charge in [0.2, 0.25) is 0 Å². The molecule has 2 heterocycles. The molecule has 31 heavy (non-hydrogen) atoms. The van der Waals surface area contributed by atoms with Crippen LogP contribution in [0.4, 0.5) is 10.8 Å². The first-order valence-corrected chi connectivity index (χ1v) is 12.5. The van der Waals surface area contributed by atoms with E-state index in [-0.39, 0.29) is 6.17 Å². The fourth-order valence-electron chi connectivity index (χ4n) is 4.33. The van der Waals surface area contributed by atoms with E-state index in [0.717, 1.165) is 56.0 Å². The first-order valence-electron chi connectivity index (χ1n) is 11.7.